The van der Waals surface area contributed by atoms with E-state index in [1.165, 1.54) is 40.1 Å². The number of hydrogen-bond acceptors (Lipinski definition) is 11. The van der Waals surface area contributed by atoms with E-state index in [1.54, 1.807) is 38.1 Å². The standard InChI is InChI=1S/C31H38N2O11/c1-17(2)27(35)43-16-42-25-22(40-6)12-13-32-24(25)26(34)33-21-15-41-28(36)20(14-19-10-8-7-9-11-19)23(18(3)44-29(21)37)31(4,5)30(38)39/h7-13,17-18,20-21,23H,14-16H2,1-6H3,(H,33,34)(H,38,39)/t18-,20+,21-,23-/m0/s1. The molecule has 1 aliphatic heterocycles. The van der Waals surface area contributed by atoms with Crippen molar-refractivity contribution >= 4 is 29.8 Å². The molecule has 13 heteroatoms. The van der Waals surface area contributed by atoms with Crippen LogP contribution in [0.4, 0.5) is 0 Å². The third-order valence-corrected chi connectivity index (χ3v) is 7.39. The SMILES string of the molecule is COc1ccnc(C(=O)N[C@H]2COC(=O)[C@H](Cc3ccccc3)[C@@H](C(C)(C)C(=O)O)[C@H](C)OC2=O)c1OCOC(=O)C(C)C. The van der Waals surface area contributed by atoms with Gasteiger partial charge in [-0.3, -0.25) is 19.2 Å². The summed E-state index contributed by atoms with van der Waals surface area (Å²) in [6.45, 7) is 6.59. The van der Waals surface area contributed by atoms with Crippen molar-refractivity contribution in [2.45, 2.75) is 53.2 Å². The van der Waals surface area contributed by atoms with Crippen molar-refractivity contribution in [3.63, 3.8) is 0 Å². The number of pyridine rings is 1. The van der Waals surface area contributed by atoms with Gasteiger partial charge in [0.25, 0.3) is 5.91 Å². The number of carboxylic acids is 1. The number of nitrogens with one attached hydrogen (secondary N) is 1. The molecule has 0 aliphatic carbocycles. The molecular weight excluding hydrogens is 576 g/mol. The second kappa shape index (κ2) is 14.7. The van der Waals surface area contributed by atoms with E-state index in [0.29, 0.717) is 0 Å². The van der Waals surface area contributed by atoms with E-state index in [-0.39, 0.29) is 23.6 Å². The molecule has 0 radical (unpaired) electrons. The number of carbonyl (C=O) groups excluding carboxylic acids is 4. The van der Waals surface area contributed by atoms with Crippen LogP contribution in [0.1, 0.15) is 50.7 Å². The predicted octanol–water partition coefficient (Wildman–Crippen LogP) is 2.80. The molecule has 2 aromatic rings. The van der Waals surface area contributed by atoms with Crippen molar-refractivity contribution in [1.82, 2.24) is 10.3 Å². The van der Waals surface area contributed by atoms with Gasteiger partial charge in [0.05, 0.1) is 24.4 Å². The Morgan fingerprint density at radius 3 is 2.41 bits per heavy atom. The molecule has 3 rings (SSSR count). The molecule has 0 bridgehead atoms. The summed E-state index contributed by atoms with van der Waals surface area (Å²) in [5.41, 5.74) is -1.04. The average Bonchev–Trinajstić information content (AvgIpc) is 3.01. The van der Waals surface area contributed by atoms with Gasteiger partial charge in [-0.2, -0.15) is 0 Å². The Hall–Kier alpha value is -4.68. The molecule has 238 valence electrons. The zero-order valence-electron chi connectivity index (χ0n) is 25.5. The van der Waals surface area contributed by atoms with Crippen molar-refractivity contribution in [1.29, 1.82) is 0 Å². The summed E-state index contributed by atoms with van der Waals surface area (Å²) in [5.74, 6) is -6.74. The van der Waals surface area contributed by atoms with Crippen molar-refractivity contribution in [3.05, 3.63) is 53.9 Å². The van der Waals surface area contributed by atoms with Crippen LogP contribution in [0, 0.1) is 23.2 Å². The number of carboxylic acid groups (broad SMARTS) is 1. The molecule has 1 fully saturated rings. The monoisotopic (exact) mass is 614 g/mol. The average molecular weight is 615 g/mol. The molecule has 1 amide bonds. The van der Waals surface area contributed by atoms with Gasteiger partial charge >= 0.3 is 23.9 Å². The Bertz CT molecular complexity index is 1360. The molecule has 44 heavy (non-hydrogen) atoms. The fraction of sp³-hybridized carbons (Fsp3) is 0.484. The van der Waals surface area contributed by atoms with Crippen LogP contribution >= 0.6 is 0 Å². The number of cyclic esters (lactones) is 2. The van der Waals surface area contributed by atoms with Crippen LogP contribution in [-0.2, 0) is 39.8 Å². The van der Waals surface area contributed by atoms with E-state index in [9.17, 15) is 29.1 Å². The highest BCUT2D eigenvalue weighted by atomic mass is 16.7. The van der Waals surface area contributed by atoms with Crippen molar-refractivity contribution in [2.24, 2.45) is 23.2 Å². The highest BCUT2D eigenvalue weighted by Crippen LogP contribution is 2.40. The Morgan fingerprint density at radius 2 is 1.80 bits per heavy atom. The number of methoxy groups -OCH3 is 1. The van der Waals surface area contributed by atoms with Gasteiger partial charge < -0.3 is 34.1 Å². The number of nitrogens with zero attached hydrogens (tertiary/aromatic N) is 1. The van der Waals surface area contributed by atoms with Gasteiger partial charge in [0.2, 0.25) is 6.79 Å². The molecule has 1 aliphatic rings. The minimum atomic E-state index is -1.50. The molecule has 1 aromatic heterocycles. The van der Waals surface area contributed by atoms with Crippen LogP contribution in [0.15, 0.2) is 42.6 Å². The molecule has 0 spiro atoms. The lowest BCUT2D eigenvalue weighted by atomic mass is 9.67. The largest absolute Gasteiger partial charge is 0.493 e. The Morgan fingerprint density at radius 1 is 1.11 bits per heavy atom. The maximum atomic E-state index is 13.5. The number of esters is 3. The maximum Gasteiger partial charge on any atom is 0.332 e. The molecule has 1 saturated heterocycles. The van der Waals surface area contributed by atoms with Crippen LogP contribution in [0.25, 0.3) is 0 Å². The Kier molecular flexibility index (Phi) is 11.3. The summed E-state index contributed by atoms with van der Waals surface area (Å²) >= 11 is 0. The number of hydrogen-bond donors (Lipinski definition) is 2. The van der Waals surface area contributed by atoms with E-state index in [0.717, 1.165) is 5.56 Å². The lowest BCUT2D eigenvalue weighted by Crippen LogP contribution is -2.48. The number of aromatic nitrogens is 1. The summed E-state index contributed by atoms with van der Waals surface area (Å²) in [7, 11) is 1.33. The van der Waals surface area contributed by atoms with Gasteiger partial charge in [-0.05, 0) is 32.8 Å². The highest BCUT2D eigenvalue weighted by Gasteiger charge is 2.50. The summed E-state index contributed by atoms with van der Waals surface area (Å²) in [4.78, 5) is 68.4. The topological polar surface area (TPSA) is 177 Å². The summed E-state index contributed by atoms with van der Waals surface area (Å²) in [5, 5.41) is 12.5. The second-order valence-corrected chi connectivity index (χ2v) is 11.2. The van der Waals surface area contributed by atoms with Crippen molar-refractivity contribution in [3.8, 4) is 11.5 Å². The third kappa shape index (κ3) is 8.03. The number of rotatable bonds is 11. The Balaban J connectivity index is 1.89. The van der Waals surface area contributed by atoms with Gasteiger partial charge in [0, 0.05) is 18.2 Å². The maximum absolute atomic E-state index is 13.5. The summed E-state index contributed by atoms with van der Waals surface area (Å²) in [6, 6.07) is 8.95. The van der Waals surface area contributed by atoms with E-state index in [1.807, 2.05) is 6.07 Å². The van der Waals surface area contributed by atoms with Gasteiger partial charge in [0.15, 0.2) is 23.2 Å². The van der Waals surface area contributed by atoms with Gasteiger partial charge in [-0.1, -0.05) is 44.2 Å². The first kappa shape index (κ1) is 33.8. The van der Waals surface area contributed by atoms with Crippen molar-refractivity contribution < 1.29 is 52.8 Å². The lowest BCUT2D eigenvalue weighted by molar-refractivity contribution is -0.168. The van der Waals surface area contributed by atoms with Crippen LogP contribution < -0.4 is 14.8 Å². The van der Waals surface area contributed by atoms with Crippen LogP contribution in [0.3, 0.4) is 0 Å². The molecule has 2 heterocycles. The smallest absolute Gasteiger partial charge is 0.332 e. The minimum Gasteiger partial charge on any atom is -0.493 e. The number of ether oxygens (including phenoxy) is 5. The molecule has 13 nitrogen and oxygen atoms in total. The molecular formula is C31H38N2O11. The minimum absolute atomic E-state index is 0.102. The van der Waals surface area contributed by atoms with Gasteiger partial charge in [0.1, 0.15) is 12.7 Å². The molecule has 1 aromatic carbocycles. The fourth-order valence-electron chi connectivity index (χ4n) is 5.00. The summed E-state index contributed by atoms with van der Waals surface area (Å²) in [6.07, 6.45) is 0.351. The van der Waals surface area contributed by atoms with Crippen LogP contribution in [0.2, 0.25) is 0 Å². The van der Waals surface area contributed by atoms with Gasteiger partial charge in [-0.25, -0.2) is 9.78 Å². The quantitative estimate of drug-likeness (QED) is 0.215. The zero-order valence-corrected chi connectivity index (χ0v) is 25.5. The van der Waals surface area contributed by atoms with Crippen LogP contribution in [-0.4, -0.2) is 72.5 Å². The van der Waals surface area contributed by atoms with Gasteiger partial charge in [-0.15, -0.1) is 0 Å². The third-order valence-electron chi connectivity index (χ3n) is 7.39. The van der Waals surface area contributed by atoms with Crippen LogP contribution in [0.5, 0.6) is 11.5 Å². The molecule has 4 atom stereocenters. The van der Waals surface area contributed by atoms with E-state index in [4.69, 9.17) is 23.7 Å². The zero-order chi connectivity index (χ0) is 32.6. The fourth-order valence-corrected chi connectivity index (χ4v) is 5.00. The number of carbonyl (C=O) groups is 5. The molecule has 0 saturated carbocycles. The van der Waals surface area contributed by atoms with E-state index >= 15 is 0 Å². The lowest BCUT2D eigenvalue weighted by Gasteiger charge is -2.38. The number of amides is 1. The van der Waals surface area contributed by atoms with E-state index in [2.05, 4.69) is 10.3 Å². The highest BCUT2D eigenvalue weighted by molar-refractivity contribution is 5.98. The predicted molar refractivity (Wildman–Crippen MR) is 154 cm³/mol. The normalized spacial score (nSPS) is 20.7. The first-order chi connectivity index (χ1) is 20.8. The molecule has 0 unspecified atom stereocenters. The van der Waals surface area contributed by atoms with Crippen molar-refractivity contribution in [2.75, 3.05) is 20.5 Å². The first-order valence-corrected chi connectivity index (χ1v) is 14.1. The Labute approximate surface area is 255 Å². The van der Waals surface area contributed by atoms with E-state index < -0.39 is 78.5 Å². The summed E-state index contributed by atoms with van der Waals surface area (Å²) < 4.78 is 27.0. The second-order valence-electron chi connectivity index (χ2n) is 11.2. The number of aliphatic carboxylic acids is 1. The number of benzene rings is 1. The first-order valence-electron chi connectivity index (χ1n) is 14.1. The molecule has 2 N–H and O–H groups in total.